The number of aromatic nitrogens is 4. The van der Waals surface area contributed by atoms with Crippen LogP contribution in [0.25, 0.3) is 11.1 Å². The van der Waals surface area contributed by atoms with E-state index < -0.39 is 0 Å². The Morgan fingerprint density at radius 2 is 1.91 bits per heavy atom. The molecule has 0 bridgehead atoms. The van der Waals surface area contributed by atoms with Crippen molar-refractivity contribution in [3.05, 3.63) is 66.3 Å². The molecule has 166 valence electrons. The van der Waals surface area contributed by atoms with Gasteiger partial charge in [0.15, 0.2) is 0 Å². The number of likely N-dealkylation sites (tertiary alicyclic amines) is 1. The van der Waals surface area contributed by atoms with Crippen LogP contribution in [0.4, 0.5) is 10.3 Å². The molecule has 0 aliphatic carbocycles. The topological polar surface area (TPSA) is 75.1 Å². The van der Waals surface area contributed by atoms with Crippen molar-refractivity contribution in [2.24, 2.45) is 0 Å². The van der Waals surface area contributed by atoms with Gasteiger partial charge in [0.05, 0.1) is 5.69 Å². The number of amides is 1. The Kier molecular flexibility index (Phi) is 6.68. The molecular weight excluding hydrogens is 407 g/mol. The number of rotatable bonds is 7. The minimum atomic E-state index is -0.239. The van der Waals surface area contributed by atoms with Crippen LogP contribution in [0.1, 0.15) is 36.4 Å². The van der Waals surface area contributed by atoms with Crippen molar-refractivity contribution in [3.63, 3.8) is 0 Å². The van der Waals surface area contributed by atoms with Crippen LogP contribution in [0.3, 0.4) is 0 Å². The molecule has 2 aromatic heterocycles. The predicted molar refractivity (Wildman–Crippen MR) is 121 cm³/mol. The largest absolute Gasteiger partial charge is 0.347 e. The molecule has 0 radical (unpaired) electrons. The highest BCUT2D eigenvalue weighted by Gasteiger charge is 2.30. The highest BCUT2D eigenvalue weighted by molar-refractivity contribution is 5.76. The van der Waals surface area contributed by atoms with Gasteiger partial charge >= 0.3 is 0 Å². The summed E-state index contributed by atoms with van der Waals surface area (Å²) in [6, 6.07) is 6.47. The Balaban J connectivity index is 1.43. The van der Waals surface area contributed by atoms with Gasteiger partial charge in [-0.25, -0.2) is 24.3 Å². The van der Waals surface area contributed by atoms with E-state index >= 15 is 0 Å². The maximum absolute atomic E-state index is 13.0. The maximum Gasteiger partial charge on any atom is 0.225 e. The summed E-state index contributed by atoms with van der Waals surface area (Å²) in [5.41, 5.74) is 3.76. The first-order chi connectivity index (χ1) is 15.5. The minimum absolute atomic E-state index is 0.132. The van der Waals surface area contributed by atoms with Crippen LogP contribution in [0.2, 0.25) is 0 Å². The first kappa shape index (κ1) is 21.8. The van der Waals surface area contributed by atoms with Gasteiger partial charge in [-0.15, -0.1) is 0 Å². The summed E-state index contributed by atoms with van der Waals surface area (Å²) < 4.78 is 13.0. The van der Waals surface area contributed by atoms with Crippen LogP contribution in [-0.2, 0) is 11.2 Å². The molecule has 0 spiro atoms. The molecule has 32 heavy (non-hydrogen) atoms. The van der Waals surface area contributed by atoms with E-state index in [1.807, 2.05) is 30.1 Å². The zero-order valence-corrected chi connectivity index (χ0v) is 18.4. The zero-order valence-electron chi connectivity index (χ0n) is 18.4. The number of halogens is 1. The van der Waals surface area contributed by atoms with Gasteiger partial charge in [-0.1, -0.05) is 12.1 Å². The number of hydrogen-bond acceptors (Lipinski definition) is 6. The smallest absolute Gasteiger partial charge is 0.225 e. The van der Waals surface area contributed by atoms with E-state index in [1.165, 1.54) is 18.5 Å². The molecule has 4 rings (SSSR count). The third-order valence-electron chi connectivity index (χ3n) is 5.77. The zero-order chi connectivity index (χ0) is 22.5. The lowest BCUT2D eigenvalue weighted by molar-refractivity contribution is -0.130. The van der Waals surface area contributed by atoms with Crippen molar-refractivity contribution in [1.82, 2.24) is 24.8 Å². The molecular formula is C24H27FN6O. The van der Waals surface area contributed by atoms with E-state index in [0.29, 0.717) is 25.5 Å². The number of hydrogen-bond donors (Lipinski definition) is 0. The second kappa shape index (κ2) is 9.80. The molecule has 0 saturated carbocycles. The number of anilines is 1. The Bertz CT molecular complexity index is 1060. The molecule has 1 aliphatic heterocycles. The van der Waals surface area contributed by atoms with Crippen LogP contribution < -0.4 is 4.90 Å². The van der Waals surface area contributed by atoms with Crippen molar-refractivity contribution in [2.75, 3.05) is 32.1 Å². The van der Waals surface area contributed by atoms with Gasteiger partial charge in [0, 0.05) is 69.2 Å². The van der Waals surface area contributed by atoms with Crippen molar-refractivity contribution in [2.45, 2.75) is 31.6 Å². The number of nitrogens with zero attached hydrogens (tertiary/aromatic N) is 6. The third-order valence-corrected chi connectivity index (χ3v) is 5.77. The number of aryl methyl sites for hydroxylation is 1. The minimum Gasteiger partial charge on any atom is -0.347 e. The number of benzene rings is 1. The van der Waals surface area contributed by atoms with E-state index in [2.05, 4.69) is 15.0 Å². The Morgan fingerprint density at radius 3 is 2.62 bits per heavy atom. The summed E-state index contributed by atoms with van der Waals surface area (Å²) in [5, 5.41) is 0. The lowest BCUT2D eigenvalue weighted by Gasteiger charge is -2.19. The highest BCUT2D eigenvalue weighted by Crippen LogP contribution is 2.34. The van der Waals surface area contributed by atoms with E-state index in [9.17, 15) is 9.18 Å². The molecule has 8 heteroatoms. The Morgan fingerprint density at radius 1 is 1.16 bits per heavy atom. The van der Waals surface area contributed by atoms with Crippen LogP contribution in [0, 0.1) is 5.82 Å². The summed E-state index contributed by atoms with van der Waals surface area (Å²) in [6.07, 6.45) is 9.69. The third kappa shape index (κ3) is 5.07. The van der Waals surface area contributed by atoms with Gasteiger partial charge in [-0.05, 0) is 37.0 Å². The fraction of sp³-hybridized carbons (Fsp3) is 0.375. The predicted octanol–water partition coefficient (Wildman–Crippen LogP) is 3.48. The fourth-order valence-electron chi connectivity index (χ4n) is 4.04. The maximum atomic E-state index is 13.0. The van der Waals surface area contributed by atoms with Crippen LogP contribution >= 0.6 is 0 Å². The van der Waals surface area contributed by atoms with Crippen LogP contribution in [0.15, 0.2) is 49.2 Å². The Hall–Kier alpha value is -3.42. The molecule has 1 amide bonds. The summed E-state index contributed by atoms with van der Waals surface area (Å²) in [7, 11) is 3.83. The van der Waals surface area contributed by atoms with Crippen LogP contribution in [-0.4, -0.2) is 57.9 Å². The van der Waals surface area contributed by atoms with E-state index in [0.717, 1.165) is 41.6 Å². The monoisotopic (exact) mass is 434 g/mol. The summed E-state index contributed by atoms with van der Waals surface area (Å²) in [5.74, 6) is 0.690. The van der Waals surface area contributed by atoms with Gasteiger partial charge in [0.2, 0.25) is 11.9 Å². The quantitative estimate of drug-likeness (QED) is 0.567. The molecule has 1 atom stereocenters. The fourth-order valence-corrected chi connectivity index (χ4v) is 4.04. The van der Waals surface area contributed by atoms with Crippen molar-refractivity contribution in [1.29, 1.82) is 0 Å². The van der Waals surface area contributed by atoms with Crippen molar-refractivity contribution in [3.8, 4) is 11.1 Å². The number of carbonyl (C=O) groups excluding carboxylic acids is 1. The first-order valence-corrected chi connectivity index (χ1v) is 10.8. The molecule has 1 unspecified atom stereocenters. The molecule has 3 heterocycles. The molecule has 1 saturated heterocycles. The molecule has 3 aromatic rings. The van der Waals surface area contributed by atoms with Gasteiger partial charge in [-0.3, -0.25) is 4.79 Å². The average Bonchev–Trinajstić information content (AvgIpc) is 3.31. The SMILES string of the molecule is CN(C)c1ncc(-c2cncnc2)c(C2CCN(C(=O)CCCc3ccc(F)cc3)C2)n1. The van der Waals surface area contributed by atoms with Gasteiger partial charge in [-0.2, -0.15) is 0 Å². The van der Waals surface area contributed by atoms with Crippen molar-refractivity contribution < 1.29 is 9.18 Å². The first-order valence-electron chi connectivity index (χ1n) is 10.8. The van der Waals surface area contributed by atoms with E-state index in [1.54, 1.807) is 24.5 Å². The number of carbonyl (C=O) groups is 1. The lowest BCUT2D eigenvalue weighted by Crippen LogP contribution is -2.28. The van der Waals surface area contributed by atoms with E-state index in [-0.39, 0.29) is 17.6 Å². The molecule has 1 aromatic carbocycles. The summed E-state index contributed by atoms with van der Waals surface area (Å²) in [6.45, 7) is 1.35. The molecule has 1 aliphatic rings. The normalized spacial score (nSPS) is 15.7. The van der Waals surface area contributed by atoms with Crippen molar-refractivity contribution >= 4 is 11.9 Å². The van der Waals surface area contributed by atoms with Gasteiger partial charge in [0.1, 0.15) is 12.1 Å². The molecule has 1 fully saturated rings. The highest BCUT2D eigenvalue weighted by atomic mass is 19.1. The van der Waals surface area contributed by atoms with Gasteiger partial charge < -0.3 is 9.80 Å². The van der Waals surface area contributed by atoms with E-state index in [4.69, 9.17) is 4.98 Å². The second-order valence-corrected chi connectivity index (χ2v) is 8.30. The lowest BCUT2D eigenvalue weighted by atomic mass is 9.97. The van der Waals surface area contributed by atoms with Gasteiger partial charge in [0.25, 0.3) is 0 Å². The second-order valence-electron chi connectivity index (χ2n) is 8.30. The Labute approximate surface area is 187 Å². The van der Waals surface area contributed by atoms with Crippen LogP contribution in [0.5, 0.6) is 0 Å². The summed E-state index contributed by atoms with van der Waals surface area (Å²) >= 11 is 0. The summed E-state index contributed by atoms with van der Waals surface area (Å²) in [4.78, 5) is 34.2. The standard InChI is InChI=1S/C24H27FN6O/c1-30(2)24-28-14-21(19-12-26-16-27-13-19)23(29-24)18-10-11-31(15-18)22(32)5-3-4-17-6-8-20(25)9-7-17/h6-9,12-14,16,18H,3-5,10-11,15H2,1-2H3. The molecule has 0 N–H and O–H groups in total. The average molecular weight is 435 g/mol. The molecule has 7 nitrogen and oxygen atoms in total.